The van der Waals surface area contributed by atoms with Crippen LogP contribution in [0.1, 0.15) is 16.1 Å². The van der Waals surface area contributed by atoms with Gasteiger partial charge in [0.05, 0.1) is 13.2 Å². The number of rotatable bonds is 3. The van der Waals surface area contributed by atoms with Crippen LogP contribution >= 0.6 is 11.6 Å². The number of nitrogens with zero attached hydrogens (tertiary/aromatic N) is 2. The van der Waals surface area contributed by atoms with Crippen LogP contribution in [0, 0.1) is 6.92 Å². The van der Waals surface area contributed by atoms with Crippen molar-refractivity contribution in [1.82, 2.24) is 4.98 Å². The highest BCUT2D eigenvalue weighted by molar-refractivity contribution is 6.31. The summed E-state index contributed by atoms with van der Waals surface area (Å²) >= 11 is 5.99. The van der Waals surface area contributed by atoms with Crippen molar-refractivity contribution < 1.29 is 9.53 Å². The number of aromatic nitrogens is 1. The number of benzene rings is 1. The molecule has 2 aromatic rings. The Hall–Kier alpha value is -2.11. The van der Waals surface area contributed by atoms with Crippen LogP contribution in [0.15, 0.2) is 36.4 Å². The van der Waals surface area contributed by atoms with Crippen molar-refractivity contribution in [2.45, 2.75) is 6.92 Å². The van der Waals surface area contributed by atoms with E-state index in [0.717, 1.165) is 24.5 Å². The van der Waals surface area contributed by atoms with Gasteiger partial charge in [-0.1, -0.05) is 23.7 Å². The molecule has 5 nitrogen and oxygen atoms in total. The van der Waals surface area contributed by atoms with Crippen molar-refractivity contribution in [3.05, 3.63) is 52.7 Å². The Labute approximate surface area is 140 Å². The predicted octanol–water partition coefficient (Wildman–Crippen LogP) is 3.13. The van der Waals surface area contributed by atoms with E-state index in [2.05, 4.69) is 15.2 Å². The summed E-state index contributed by atoms with van der Waals surface area (Å²) in [5.74, 6) is 0.550. The lowest BCUT2D eigenvalue weighted by Crippen LogP contribution is -2.37. The number of hydrogen-bond acceptors (Lipinski definition) is 4. The fourth-order valence-corrected chi connectivity index (χ4v) is 2.61. The number of halogens is 1. The van der Waals surface area contributed by atoms with E-state index < -0.39 is 0 Å². The molecule has 0 radical (unpaired) electrons. The largest absolute Gasteiger partial charge is 0.378 e. The van der Waals surface area contributed by atoms with Crippen molar-refractivity contribution >= 4 is 29.0 Å². The zero-order valence-electron chi connectivity index (χ0n) is 12.9. The van der Waals surface area contributed by atoms with E-state index in [0.29, 0.717) is 29.6 Å². The summed E-state index contributed by atoms with van der Waals surface area (Å²) in [5.41, 5.74) is 2.03. The summed E-state index contributed by atoms with van der Waals surface area (Å²) in [5, 5.41) is 3.45. The fourth-order valence-electron chi connectivity index (χ4n) is 2.43. The molecule has 120 valence electrons. The molecule has 1 aliphatic rings. The van der Waals surface area contributed by atoms with Crippen LogP contribution in [-0.4, -0.2) is 37.2 Å². The van der Waals surface area contributed by atoms with Gasteiger partial charge in [-0.15, -0.1) is 0 Å². The standard InChI is InChI=1S/C17H18ClN3O2/c1-12-5-6-13(18)11-15(12)20-17(22)14-3-2-4-16(19-14)21-7-9-23-10-8-21/h2-6,11H,7-10H2,1H3,(H,20,22). The lowest BCUT2D eigenvalue weighted by atomic mass is 10.2. The second-order valence-electron chi connectivity index (χ2n) is 5.39. The first-order valence-corrected chi connectivity index (χ1v) is 7.88. The molecule has 1 aliphatic heterocycles. The SMILES string of the molecule is Cc1ccc(Cl)cc1NC(=O)c1cccc(N2CCOCC2)n1. The summed E-state index contributed by atoms with van der Waals surface area (Å²) in [6.07, 6.45) is 0. The van der Waals surface area contributed by atoms with Crippen molar-refractivity contribution in [3.63, 3.8) is 0 Å². The van der Waals surface area contributed by atoms with Gasteiger partial charge in [0, 0.05) is 23.8 Å². The summed E-state index contributed by atoms with van der Waals surface area (Å²) in [4.78, 5) is 19.0. The number of nitrogens with one attached hydrogen (secondary N) is 1. The van der Waals surface area contributed by atoms with Crippen LogP contribution < -0.4 is 10.2 Å². The molecule has 1 aromatic carbocycles. The molecule has 6 heteroatoms. The number of ether oxygens (including phenoxy) is 1. The first-order valence-electron chi connectivity index (χ1n) is 7.51. The number of carbonyl (C=O) groups excluding carboxylic acids is 1. The van der Waals surface area contributed by atoms with Crippen molar-refractivity contribution in [1.29, 1.82) is 0 Å². The maximum atomic E-state index is 12.5. The molecule has 0 atom stereocenters. The Morgan fingerprint density at radius 2 is 2.04 bits per heavy atom. The Bertz CT molecular complexity index is 715. The van der Waals surface area contributed by atoms with E-state index in [1.54, 1.807) is 18.2 Å². The van der Waals surface area contributed by atoms with Gasteiger partial charge in [-0.2, -0.15) is 0 Å². The fraction of sp³-hybridized carbons (Fsp3) is 0.294. The highest BCUT2D eigenvalue weighted by Crippen LogP contribution is 2.21. The molecule has 0 unspecified atom stereocenters. The number of amides is 1. The molecule has 23 heavy (non-hydrogen) atoms. The third-order valence-electron chi connectivity index (χ3n) is 3.75. The molecule has 1 aromatic heterocycles. The third-order valence-corrected chi connectivity index (χ3v) is 3.99. The lowest BCUT2D eigenvalue weighted by Gasteiger charge is -2.27. The summed E-state index contributed by atoms with van der Waals surface area (Å²) in [7, 11) is 0. The first kappa shape index (κ1) is 15.8. The Morgan fingerprint density at radius 1 is 1.26 bits per heavy atom. The smallest absolute Gasteiger partial charge is 0.274 e. The predicted molar refractivity (Wildman–Crippen MR) is 91.4 cm³/mol. The summed E-state index contributed by atoms with van der Waals surface area (Å²) in [6.45, 7) is 4.85. The molecule has 3 rings (SSSR count). The molecule has 1 amide bonds. The monoisotopic (exact) mass is 331 g/mol. The van der Waals surface area contributed by atoms with Crippen LogP contribution in [0.2, 0.25) is 5.02 Å². The van der Waals surface area contributed by atoms with Gasteiger partial charge in [-0.3, -0.25) is 4.79 Å². The van der Waals surface area contributed by atoms with Crippen molar-refractivity contribution in [3.8, 4) is 0 Å². The van der Waals surface area contributed by atoms with E-state index in [4.69, 9.17) is 16.3 Å². The Balaban J connectivity index is 1.78. The molecule has 0 aliphatic carbocycles. The molecule has 2 heterocycles. The second kappa shape index (κ2) is 6.98. The maximum absolute atomic E-state index is 12.5. The topological polar surface area (TPSA) is 54.5 Å². The van der Waals surface area contributed by atoms with Gasteiger partial charge in [-0.25, -0.2) is 4.98 Å². The van der Waals surface area contributed by atoms with E-state index in [-0.39, 0.29) is 5.91 Å². The zero-order valence-corrected chi connectivity index (χ0v) is 13.6. The quantitative estimate of drug-likeness (QED) is 0.938. The van der Waals surface area contributed by atoms with E-state index >= 15 is 0 Å². The minimum Gasteiger partial charge on any atom is -0.378 e. The first-order chi connectivity index (χ1) is 11.1. The number of aryl methyl sites for hydroxylation is 1. The Morgan fingerprint density at radius 3 is 2.83 bits per heavy atom. The molecule has 0 spiro atoms. The van der Waals surface area contributed by atoms with Gasteiger partial charge in [0.25, 0.3) is 5.91 Å². The molecular formula is C17H18ClN3O2. The molecule has 0 bridgehead atoms. The summed E-state index contributed by atoms with van der Waals surface area (Å²) in [6, 6.07) is 10.9. The third kappa shape index (κ3) is 3.81. The highest BCUT2D eigenvalue weighted by Gasteiger charge is 2.15. The van der Waals surface area contributed by atoms with Crippen LogP contribution in [0.3, 0.4) is 0 Å². The average molecular weight is 332 g/mol. The normalized spacial score (nSPS) is 14.6. The number of pyridine rings is 1. The van der Waals surface area contributed by atoms with Crippen molar-refractivity contribution in [2.75, 3.05) is 36.5 Å². The number of morpholine rings is 1. The van der Waals surface area contributed by atoms with Crippen LogP contribution in [0.25, 0.3) is 0 Å². The van der Waals surface area contributed by atoms with Gasteiger partial charge in [0.1, 0.15) is 11.5 Å². The Kier molecular flexibility index (Phi) is 4.79. The molecule has 0 saturated carbocycles. The molecule has 1 fully saturated rings. The summed E-state index contributed by atoms with van der Waals surface area (Å²) < 4.78 is 5.34. The van der Waals surface area contributed by atoms with Gasteiger partial charge in [-0.05, 0) is 36.8 Å². The zero-order chi connectivity index (χ0) is 16.2. The number of carbonyl (C=O) groups is 1. The number of hydrogen-bond donors (Lipinski definition) is 1. The average Bonchev–Trinajstić information content (AvgIpc) is 2.59. The van der Waals surface area contributed by atoms with Crippen LogP contribution in [0.4, 0.5) is 11.5 Å². The molecular weight excluding hydrogens is 314 g/mol. The van der Waals surface area contributed by atoms with Crippen LogP contribution in [0.5, 0.6) is 0 Å². The van der Waals surface area contributed by atoms with Gasteiger partial charge in [0.15, 0.2) is 0 Å². The van der Waals surface area contributed by atoms with Crippen LogP contribution in [-0.2, 0) is 4.74 Å². The molecule has 1 N–H and O–H groups in total. The maximum Gasteiger partial charge on any atom is 0.274 e. The number of anilines is 2. The second-order valence-corrected chi connectivity index (χ2v) is 5.83. The highest BCUT2D eigenvalue weighted by atomic mass is 35.5. The van der Waals surface area contributed by atoms with Gasteiger partial charge >= 0.3 is 0 Å². The van der Waals surface area contributed by atoms with Gasteiger partial charge in [0.2, 0.25) is 0 Å². The van der Waals surface area contributed by atoms with E-state index in [1.165, 1.54) is 0 Å². The minimum atomic E-state index is -0.245. The van der Waals surface area contributed by atoms with Gasteiger partial charge < -0.3 is 15.0 Å². The van der Waals surface area contributed by atoms with E-state index in [1.807, 2.05) is 25.1 Å². The molecule has 1 saturated heterocycles. The van der Waals surface area contributed by atoms with E-state index in [9.17, 15) is 4.79 Å². The van der Waals surface area contributed by atoms with Crippen molar-refractivity contribution in [2.24, 2.45) is 0 Å². The lowest BCUT2D eigenvalue weighted by molar-refractivity contribution is 0.102. The minimum absolute atomic E-state index is 0.245.